The van der Waals surface area contributed by atoms with Gasteiger partial charge in [0.2, 0.25) is 0 Å². The normalized spacial score (nSPS) is 10.1. The molecule has 0 atom stereocenters. The van der Waals surface area contributed by atoms with Crippen LogP contribution in [-0.2, 0) is 14.3 Å². The van der Waals surface area contributed by atoms with E-state index in [0.29, 0.717) is 24.5 Å². The number of benzene rings is 1. The number of hydrogen-bond acceptors (Lipinski definition) is 5. The minimum Gasteiger partial charge on any atom is -0.494 e. The monoisotopic (exact) mass is 306 g/mol. The highest BCUT2D eigenvalue weighted by molar-refractivity contribution is 5.89. The molecule has 0 aliphatic rings. The van der Waals surface area contributed by atoms with Gasteiger partial charge < -0.3 is 14.2 Å². The van der Waals surface area contributed by atoms with Crippen molar-refractivity contribution in [1.29, 1.82) is 0 Å². The molecule has 0 fully saturated rings. The summed E-state index contributed by atoms with van der Waals surface area (Å²) in [6, 6.07) is 6.81. The number of unbranched alkanes of at least 4 members (excludes halogenated alkanes) is 1. The molecule has 0 radical (unpaired) electrons. The summed E-state index contributed by atoms with van der Waals surface area (Å²) >= 11 is 0. The fourth-order valence-corrected chi connectivity index (χ4v) is 1.60. The Morgan fingerprint density at radius 1 is 1.14 bits per heavy atom. The molecule has 0 bridgehead atoms. The Hall–Kier alpha value is -2.30. The van der Waals surface area contributed by atoms with Crippen LogP contribution in [0.2, 0.25) is 0 Å². The summed E-state index contributed by atoms with van der Waals surface area (Å²) in [6.45, 7) is 7.80. The van der Waals surface area contributed by atoms with Crippen LogP contribution in [0.3, 0.4) is 0 Å². The number of esters is 2. The van der Waals surface area contributed by atoms with Gasteiger partial charge in [-0.15, -0.1) is 0 Å². The Morgan fingerprint density at radius 3 is 2.36 bits per heavy atom. The van der Waals surface area contributed by atoms with Gasteiger partial charge in [0.05, 0.1) is 24.9 Å². The smallest absolute Gasteiger partial charge is 0.338 e. The van der Waals surface area contributed by atoms with E-state index >= 15 is 0 Å². The Bertz CT molecular complexity index is 490. The Kier molecular flexibility index (Phi) is 7.75. The highest BCUT2D eigenvalue weighted by atomic mass is 16.5. The second kappa shape index (κ2) is 9.60. The maximum atomic E-state index is 11.7. The van der Waals surface area contributed by atoms with E-state index < -0.39 is 5.97 Å². The van der Waals surface area contributed by atoms with Crippen LogP contribution in [0.1, 0.15) is 37.0 Å². The zero-order valence-electron chi connectivity index (χ0n) is 13.0. The van der Waals surface area contributed by atoms with Crippen LogP contribution in [-0.4, -0.2) is 31.3 Å². The van der Waals surface area contributed by atoms with Gasteiger partial charge in [-0.25, -0.2) is 9.59 Å². The van der Waals surface area contributed by atoms with Gasteiger partial charge in [0, 0.05) is 6.08 Å². The number of carbonyl (C=O) groups excluding carboxylic acids is 2. The molecule has 0 N–H and O–H groups in total. The molecule has 0 aliphatic carbocycles. The third-order valence-electron chi connectivity index (χ3n) is 2.65. The van der Waals surface area contributed by atoms with Gasteiger partial charge in [-0.3, -0.25) is 0 Å². The molecule has 1 aromatic rings. The van der Waals surface area contributed by atoms with E-state index in [1.807, 2.05) is 13.8 Å². The van der Waals surface area contributed by atoms with E-state index in [9.17, 15) is 9.59 Å². The van der Waals surface area contributed by atoms with Crippen LogP contribution < -0.4 is 4.74 Å². The van der Waals surface area contributed by atoms with Crippen LogP contribution in [0.4, 0.5) is 0 Å². The van der Waals surface area contributed by atoms with Gasteiger partial charge in [-0.1, -0.05) is 6.58 Å². The molecule has 0 saturated carbocycles. The van der Waals surface area contributed by atoms with Gasteiger partial charge in [0.15, 0.2) is 0 Å². The first-order valence-corrected chi connectivity index (χ1v) is 7.26. The van der Waals surface area contributed by atoms with Gasteiger partial charge in [-0.05, 0) is 51.0 Å². The summed E-state index contributed by atoms with van der Waals surface area (Å²) in [5.74, 6) is -0.0699. The quantitative estimate of drug-likeness (QED) is 0.398. The molecule has 0 aliphatic heterocycles. The molecule has 22 heavy (non-hydrogen) atoms. The molecule has 1 aromatic carbocycles. The van der Waals surface area contributed by atoms with Gasteiger partial charge >= 0.3 is 11.9 Å². The van der Waals surface area contributed by atoms with Crippen molar-refractivity contribution in [2.75, 3.05) is 13.2 Å². The molecule has 5 nitrogen and oxygen atoms in total. The van der Waals surface area contributed by atoms with Crippen LogP contribution in [0.5, 0.6) is 5.75 Å². The fourth-order valence-electron chi connectivity index (χ4n) is 1.60. The second-order valence-electron chi connectivity index (χ2n) is 4.91. The first-order chi connectivity index (χ1) is 10.5. The molecular formula is C17H22O5. The van der Waals surface area contributed by atoms with Gasteiger partial charge in [-0.2, -0.15) is 0 Å². The van der Waals surface area contributed by atoms with Gasteiger partial charge in [0.1, 0.15) is 5.75 Å². The molecule has 0 spiro atoms. The molecule has 0 unspecified atom stereocenters. The summed E-state index contributed by atoms with van der Waals surface area (Å²) in [5, 5.41) is 0. The van der Waals surface area contributed by atoms with E-state index in [1.165, 1.54) is 0 Å². The molecule has 5 heteroatoms. The van der Waals surface area contributed by atoms with Crippen molar-refractivity contribution in [3.63, 3.8) is 0 Å². The first kappa shape index (κ1) is 17.8. The Balaban J connectivity index is 2.25. The van der Waals surface area contributed by atoms with Crippen molar-refractivity contribution in [1.82, 2.24) is 0 Å². The lowest BCUT2D eigenvalue weighted by atomic mass is 10.2. The van der Waals surface area contributed by atoms with E-state index in [2.05, 4.69) is 6.58 Å². The predicted molar refractivity (Wildman–Crippen MR) is 82.9 cm³/mol. The van der Waals surface area contributed by atoms with Crippen molar-refractivity contribution in [2.24, 2.45) is 0 Å². The van der Waals surface area contributed by atoms with Crippen LogP contribution in [0.15, 0.2) is 36.9 Å². The summed E-state index contributed by atoms with van der Waals surface area (Å²) < 4.78 is 15.5. The topological polar surface area (TPSA) is 61.8 Å². The summed E-state index contributed by atoms with van der Waals surface area (Å²) in [4.78, 5) is 22.5. The zero-order chi connectivity index (χ0) is 16.4. The molecule has 1 rings (SSSR count). The van der Waals surface area contributed by atoms with E-state index in [-0.39, 0.29) is 12.1 Å². The molecular weight excluding hydrogens is 284 g/mol. The molecule has 0 aromatic heterocycles. The van der Waals surface area contributed by atoms with E-state index in [1.54, 1.807) is 24.3 Å². The van der Waals surface area contributed by atoms with Crippen molar-refractivity contribution in [3.8, 4) is 5.75 Å². The number of hydrogen-bond donors (Lipinski definition) is 0. The van der Waals surface area contributed by atoms with E-state index in [0.717, 1.165) is 18.9 Å². The maximum absolute atomic E-state index is 11.7. The zero-order valence-corrected chi connectivity index (χ0v) is 13.0. The highest BCUT2D eigenvalue weighted by Gasteiger charge is 2.08. The van der Waals surface area contributed by atoms with E-state index in [4.69, 9.17) is 14.2 Å². The van der Waals surface area contributed by atoms with Crippen LogP contribution in [0, 0.1) is 0 Å². The minimum atomic E-state index is -0.412. The molecule has 120 valence electrons. The largest absolute Gasteiger partial charge is 0.494 e. The maximum Gasteiger partial charge on any atom is 0.338 e. The lowest BCUT2D eigenvalue weighted by molar-refractivity contribution is -0.137. The molecule has 0 amide bonds. The van der Waals surface area contributed by atoms with Crippen molar-refractivity contribution in [3.05, 3.63) is 42.5 Å². The standard InChI is InChI=1S/C17H22O5/c1-4-16(18)21-12-6-5-11-20-15-9-7-14(8-10-15)17(19)22-13(2)3/h4,7-10,13H,1,5-6,11-12H2,2-3H3. The Labute approximate surface area is 130 Å². The summed E-state index contributed by atoms with van der Waals surface area (Å²) in [6.07, 6.45) is 2.49. The summed E-state index contributed by atoms with van der Waals surface area (Å²) in [5.41, 5.74) is 0.498. The third kappa shape index (κ3) is 6.92. The minimum absolute atomic E-state index is 0.140. The Morgan fingerprint density at radius 2 is 1.77 bits per heavy atom. The first-order valence-electron chi connectivity index (χ1n) is 7.26. The van der Waals surface area contributed by atoms with Crippen molar-refractivity contribution < 1.29 is 23.8 Å². The number of rotatable bonds is 9. The van der Waals surface area contributed by atoms with Crippen LogP contribution >= 0.6 is 0 Å². The molecule has 0 heterocycles. The summed E-state index contributed by atoms with van der Waals surface area (Å²) in [7, 11) is 0. The number of carbonyl (C=O) groups is 2. The van der Waals surface area contributed by atoms with Crippen molar-refractivity contribution in [2.45, 2.75) is 32.8 Å². The van der Waals surface area contributed by atoms with Crippen LogP contribution in [0.25, 0.3) is 0 Å². The average Bonchev–Trinajstić information content (AvgIpc) is 2.50. The van der Waals surface area contributed by atoms with Crippen molar-refractivity contribution >= 4 is 11.9 Å². The third-order valence-corrected chi connectivity index (χ3v) is 2.65. The second-order valence-corrected chi connectivity index (χ2v) is 4.91. The SMILES string of the molecule is C=CC(=O)OCCCCOc1ccc(C(=O)OC(C)C)cc1. The number of ether oxygens (including phenoxy) is 3. The highest BCUT2D eigenvalue weighted by Crippen LogP contribution is 2.14. The lowest BCUT2D eigenvalue weighted by Crippen LogP contribution is -2.11. The molecule has 0 saturated heterocycles. The average molecular weight is 306 g/mol. The predicted octanol–water partition coefficient (Wildman–Crippen LogP) is 3.14. The fraction of sp³-hybridized carbons (Fsp3) is 0.412. The van der Waals surface area contributed by atoms with Gasteiger partial charge in [0.25, 0.3) is 0 Å². The lowest BCUT2D eigenvalue weighted by Gasteiger charge is -2.09.